The number of nitrogens with one attached hydrogen (secondary N) is 1. The average molecular weight is 327 g/mol. The lowest BCUT2D eigenvalue weighted by Crippen LogP contribution is -2.32. The van der Waals surface area contributed by atoms with Crippen LogP contribution in [-0.2, 0) is 11.3 Å². The summed E-state index contributed by atoms with van der Waals surface area (Å²) in [4.78, 5) is 29.6. The van der Waals surface area contributed by atoms with Gasteiger partial charge in [-0.1, -0.05) is 37.3 Å². The van der Waals surface area contributed by atoms with E-state index in [9.17, 15) is 9.59 Å². The van der Waals surface area contributed by atoms with Crippen molar-refractivity contribution in [2.45, 2.75) is 19.9 Å². The maximum atomic E-state index is 12.5. The van der Waals surface area contributed by atoms with Gasteiger partial charge in [-0.2, -0.15) is 0 Å². The second-order valence-corrected chi connectivity index (χ2v) is 6.27. The molecule has 1 N–H and O–H groups in total. The SMILES string of the molecule is CCCNC(=O)Cn1cnc2cc(-c3ccccc3)sc2c1=O. The smallest absolute Gasteiger partial charge is 0.271 e. The summed E-state index contributed by atoms with van der Waals surface area (Å²) >= 11 is 1.41. The van der Waals surface area contributed by atoms with Gasteiger partial charge in [0.2, 0.25) is 5.91 Å². The Morgan fingerprint density at radius 3 is 2.83 bits per heavy atom. The van der Waals surface area contributed by atoms with Gasteiger partial charge in [-0.25, -0.2) is 4.98 Å². The number of hydrogen-bond donors (Lipinski definition) is 1. The summed E-state index contributed by atoms with van der Waals surface area (Å²) in [6, 6.07) is 11.8. The summed E-state index contributed by atoms with van der Waals surface area (Å²) in [7, 11) is 0. The monoisotopic (exact) mass is 327 g/mol. The highest BCUT2D eigenvalue weighted by Crippen LogP contribution is 2.30. The van der Waals surface area contributed by atoms with Gasteiger partial charge in [0.1, 0.15) is 11.2 Å². The first-order valence-corrected chi connectivity index (χ1v) is 8.32. The van der Waals surface area contributed by atoms with Gasteiger partial charge < -0.3 is 5.32 Å². The number of thiophene rings is 1. The van der Waals surface area contributed by atoms with Crippen LogP contribution in [0.15, 0.2) is 47.5 Å². The largest absolute Gasteiger partial charge is 0.355 e. The van der Waals surface area contributed by atoms with E-state index in [1.54, 1.807) is 0 Å². The number of benzene rings is 1. The van der Waals surface area contributed by atoms with E-state index in [4.69, 9.17) is 0 Å². The minimum atomic E-state index is -0.172. The molecule has 0 saturated heterocycles. The third kappa shape index (κ3) is 3.32. The molecule has 0 bridgehead atoms. The lowest BCUT2D eigenvalue weighted by Gasteiger charge is -2.05. The van der Waals surface area contributed by atoms with Gasteiger partial charge in [0, 0.05) is 11.4 Å². The summed E-state index contributed by atoms with van der Waals surface area (Å²) < 4.78 is 1.94. The van der Waals surface area contributed by atoms with Crippen molar-refractivity contribution in [1.82, 2.24) is 14.9 Å². The van der Waals surface area contributed by atoms with Crippen LogP contribution in [0, 0.1) is 0 Å². The molecule has 2 heterocycles. The maximum Gasteiger partial charge on any atom is 0.271 e. The van der Waals surface area contributed by atoms with Crippen LogP contribution < -0.4 is 10.9 Å². The Balaban J connectivity index is 1.93. The van der Waals surface area contributed by atoms with E-state index in [1.807, 2.05) is 43.3 Å². The van der Waals surface area contributed by atoms with Crippen molar-refractivity contribution in [2.75, 3.05) is 6.54 Å². The number of aromatic nitrogens is 2. The van der Waals surface area contributed by atoms with Crippen molar-refractivity contribution in [3.05, 3.63) is 53.1 Å². The molecule has 3 aromatic rings. The Bertz CT molecular complexity index is 884. The van der Waals surface area contributed by atoms with Crippen molar-refractivity contribution in [2.24, 2.45) is 0 Å². The van der Waals surface area contributed by atoms with Gasteiger partial charge in [-0.05, 0) is 18.1 Å². The number of carbonyl (C=O) groups excluding carboxylic acids is 1. The Morgan fingerprint density at radius 1 is 1.30 bits per heavy atom. The highest BCUT2D eigenvalue weighted by Gasteiger charge is 2.12. The second kappa shape index (κ2) is 6.75. The Kier molecular flexibility index (Phi) is 4.52. The van der Waals surface area contributed by atoms with E-state index in [-0.39, 0.29) is 18.0 Å². The molecule has 0 atom stereocenters. The molecule has 0 spiro atoms. The highest BCUT2D eigenvalue weighted by atomic mass is 32.1. The number of carbonyl (C=O) groups is 1. The molecule has 0 unspecified atom stereocenters. The second-order valence-electron chi connectivity index (χ2n) is 5.22. The molecule has 0 radical (unpaired) electrons. The minimum absolute atomic E-state index is 0.000341. The van der Waals surface area contributed by atoms with Crippen LogP contribution in [0.1, 0.15) is 13.3 Å². The van der Waals surface area contributed by atoms with Crippen LogP contribution >= 0.6 is 11.3 Å². The molecular formula is C17H17N3O2S. The van der Waals surface area contributed by atoms with Crippen molar-refractivity contribution in [3.8, 4) is 10.4 Å². The molecule has 0 aliphatic rings. The van der Waals surface area contributed by atoms with Crippen LogP contribution in [0.2, 0.25) is 0 Å². The van der Waals surface area contributed by atoms with Crippen molar-refractivity contribution in [3.63, 3.8) is 0 Å². The van der Waals surface area contributed by atoms with Crippen LogP contribution in [0.4, 0.5) is 0 Å². The lowest BCUT2D eigenvalue weighted by molar-refractivity contribution is -0.121. The van der Waals surface area contributed by atoms with Gasteiger partial charge in [0.15, 0.2) is 0 Å². The molecule has 0 saturated carbocycles. The summed E-state index contributed by atoms with van der Waals surface area (Å²) in [5.74, 6) is -0.171. The fraction of sp³-hybridized carbons (Fsp3) is 0.235. The number of rotatable bonds is 5. The third-order valence-electron chi connectivity index (χ3n) is 3.45. The number of fused-ring (bicyclic) bond motifs is 1. The molecule has 6 heteroatoms. The molecule has 1 amide bonds. The van der Waals surface area contributed by atoms with E-state index < -0.39 is 0 Å². The topological polar surface area (TPSA) is 64.0 Å². The standard InChI is InChI=1S/C17H17N3O2S/c1-2-8-18-15(21)10-20-11-19-13-9-14(23-16(13)17(20)22)12-6-4-3-5-7-12/h3-7,9,11H,2,8,10H2,1H3,(H,18,21). The zero-order valence-corrected chi connectivity index (χ0v) is 13.6. The van der Waals surface area contributed by atoms with Crippen LogP contribution in [-0.4, -0.2) is 22.0 Å². The molecule has 0 aliphatic carbocycles. The van der Waals surface area contributed by atoms with Gasteiger partial charge in [-0.3, -0.25) is 14.2 Å². The van der Waals surface area contributed by atoms with Crippen molar-refractivity contribution in [1.29, 1.82) is 0 Å². The Hall–Kier alpha value is -2.47. The lowest BCUT2D eigenvalue weighted by atomic mass is 10.2. The van der Waals surface area contributed by atoms with Crippen LogP contribution in [0.25, 0.3) is 20.7 Å². The van der Waals surface area contributed by atoms with E-state index in [0.29, 0.717) is 16.8 Å². The van der Waals surface area contributed by atoms with E-state index in [1.165, 1.54) is 22.2 Å². The summed E-state index contributed by atoms with van der Waals surface area (Å²) in [6.07, 6.45) is 2.31. The molecule has 1 aromatic carbocycles. The van der Waals surface area contributed by atoms with Gasteiger partial charge in [0.25, 0.3) is 5.56 Å². The molecule has 0 aliphatic heterocycles. The fourth-order valence-corrected chi connectivity index (χ4v) is 3.34. The molecule has 0 fully saturated rings. The van der Waals surface area contributed by atoms with Gasteiger partial charge in [0.05, 0.1) is 11.8 Å². The zero-order valence-electron chi connectivity index (χ0n) is 12.8. The first-order chi connectivity index (χ1) is 11.2. The predicted molar refractivity (Wildman–Crippen MR) is 92.6 cm³/mol. The first-order valence-electron chi connectivity index (χ1n) is 7.50. The average Bonchev–Trinajstić information content (AvgIpc) is 3.01. The molecule has 118 valence electrons. The molecule has 5 nitrogen and oxygen atoms in total. The normalized spacial score (nSPS) is 10.8. The zero-order chi connectivity index (χ0) is 16.2. The number of hydrogen-bond acceptors (Lipinski definition) is 4. The first kappa shape index (κ1) is 15.4. The Morgan fingerprint density at radius 2 is 2.09 bits per heavy atom. The van der Waals surface area contributed by atoms with Crippen molar-refractivity contribution < 1.29 is 4.79 Å². The van der Waals surface area contributed by atoms with Crippen LogP contribution in [0.5, 0.6) is 0 Å². The summed E-state index contributed by atoms with van der Waals surface area (Å²) in [5.41, 5.74) is 1.56. The fourth-order valence-electron chi connectivity index (χ4n) is 2.28. The highest BCUT2D eigenvalue weighted by molar-refractivity contribution is 7.22. The molecule has 3 rings (SSSR count). The van der Waals surface area contributed by atoms with Gasteiger partial charge >= 0.3 is 0 Å². The van der Waals surface area contributed by atoms with E-state index >= 15 is 0 Å². The van der Waals surface area contributed by atoms with Gasteiger partial charge in [-0.15, -0.1) is 11.3 Å². The third-order valence-corrected chi connectivity index (χ3v) is 4.61. The van der Waals surface area contributed by atoms with Crippen molar-refractivity contribution >= 4 is 27.5 Å². The molecule has 2 aromatic heterocycles. The Labute approximate surface area is 137 Å². The maximum absolute atomic E-state index is 12.5. The number of nitrogens with zero attached hydrogens (tertiary/aromatic N) is 2. The predicted octanol–water partition coefficient (Wildman–Crippen LogP) is 2.65. The van der Waals surface area contributed by atoms with E-state index in [2.05, 4.69) is 10.3 Å². The number of amides is 1. The van der Waals surface area contributed by atoms with E-state index in [0.717, 1.165) is 16.9 Å². The molecular weight excluding hydrogens is 310 g/mol. The van der Waals surface area contributed by atoms with Crippen LogP contribution in [0.3, 0.4) is 0 Å². The minimum Gasteiger partial charge on any atom is -0.355 e. The summed E-state index contributed by atoms with van der Waals surface area (Å²) in [6.45, 7) is 2.59. The quantitative estimate of drug-likeness (QED) is 0.783. The molecule has 23 heavy (non-hydrogen) atoms. The summed E-state index contributed by atoms with van der Waals surface area (Å²) in [5, 5.41) is 2.76.